The van der Waals surface area contributed by atoms with E-state index in [1.807, 2.05) is 26.0 Å². The van der Waals surface area contributed by atoms with Crippen molar-refractivity contribution in [2.75, 3.05) is 26.2 Å². The molecule has 0 radical (unpaired) electrons. The maximum Gasteiger partial charge on any atom is 0.401 e. The molecule has 130 valence electrons. The van der Waals surface area contributed by atoms with Crippen LogP contribution in [0.4, 0.5) is 13.2 Å². The summed E-state index contributed by atoms with van der Waals surface area (Å²) in [6, 6.07) is 6.15. The van der Waals surface area contributed by atoms with Crippen molar-refractivity contribution in [2.45, 2.75) is 45.0 Å². The zero-order valence-corrected chi connectivity index (χ0v) is 13.7. The Hall–Kier alpha value is -1.11. The summed E-state index contributed by atoms with van der Waals surface area (Å²) >= 11 is 0. The van der Waals surface area contributed by atoms with Crippen LogP contribution in [0.5, 0.6) is 0 Å². The molecule has 0 aliphatic carbocycles. The molecular weight excluding hydrogens is 305 g/mol. The van der Waals surface area contributed by atoms with Crippen LogP contribution in [-0.4, -0.2) is 48.4 Å². The average Bonchev–Trinajstić information content (AvgIpc) is 2.43. The van der Waals surface area contributed by atoms with Crippen LogP contribution in [0.2, 0.25) is 0 Å². The highest BCUT2D eigenvalue weighted by molar-refractivity contribution is 5.30. The molecule has 1 unspecified atom stereocenters. The maximum absolute atomic E-state index is 12.4. The highest BCUT2D eigenvalue weighted by Gasteiger charge is 2.32. The number of rotatable bonds is 5. The lowest BCUT2D eigenvalue weighted by atomic mass is 10.0. The summed E-state index contributed by atoms with van der Waals surface area (Å²) in [5, 5.41) is 13.6. The summed E-state index contributed by atoms with van der Waals surface area (Å²) in [6.45, 7) is 4.46. The second-order valence-corrected chi connectivity index (χ2v) is 6.51. The average molecular weight is 330 g/mol. The summed E-state index contributed by atoms with van der Waals surface area (Å²) in [7, 11) is 0. The SMILES string of the molecule is Cc1cc(C)cc(C(O)CNC2CCN(CC(F)(F)F)CC2)c1. The molecule has 0 amide bonds. The minimum Gasteiger partial charge on any atom is -0.387 e. The van der Waals surface area contributed by atoms with Crippen LogP contribution in [0.25, 0.3) is 0 Å². The Morgan fingerprint density at radius 3 is 2.26 bits per heavy atom. The van der Waals surface area contributed by atoms with Gasteiger partial charge in [-0.1, -0.05) is 29.3 Å². The molecule has 2 N–H and O–H groups in total. The molecule has 0 saturated carbocycles. The third-order valence-corrected chi connectivity index (χ3v) is 4.22. The van der Waals surface area contributed by atoms with E-state index in [9.17, 15) is 18.3 Å². The number of nitrogens with zero attached hydrogens (tertiary/aromatic N) is 1. The summed E-state index contributed by atoms with van der Waals surface area (Å²) in [4.78, 5) is 1.44. The van der Waals surface area contributed by atoms with Crippen molar-refractivity contribution in [2.24, 2.45) is 0 Å². The van der Waals surface area contributed by atoms with Gasteiger partial charge in [-0.25, -0.2) is 0 Å². The van der Waals surface area contributed by atoms with Crippen molar-refractivity contribution < 1.29 is 18.3 Å². The Bertz CT molecular complexity index is 491. The topological polar surface area (TPSA) is 35.5 Å². The second-order valence-electron chi connectivity index (χ2n) is 6.51. The standard InChI is InChI=1S/C17H25F3N2O/c1-12-7-13(2)9-14(8-12)16(23)10-21-15-3-5-22(6-4-15)11-17(18,19)20/h7-9,15-16,21,23H,3-6,10-11H2,1-2H3. The molecule has 1 atom stereocenters. The summed E-state index contributed by atoms with van der Waals surface area (Å²) in [5.41, 5.74) is 3.10. The van der Waals surface area contributed by atoms with Crippen molar-refractivity contribution in [3.8, 4) is 0 Å². The fourth-order valence-electron chi connectivity index (χ4n) is 3.15. The van der Waals surface area contributed by atoms with Gasteiger partial charge < -0.3 is 10.4 Å². The van der Waals surface area contributed by atoms with Crippen molar-refractivity contribution >= 4 is 0 Å². The highest BCUT2D eigenvalue weighted by Crippen LogP contribution is 2.21. The third kappa shape index (κ3) is 6.12. The van der Waals surface area contributed by atoms with E-state index in [-0.39, 0.29) is 6.04 Å². The van der Waals surface area contributed by atoms with Gasteiger partial charge in [-0.2, -0.15) is 13.2 Å². The molecule has 1 heterocycles. The normalized spacial score (nSPS) is 19.0. The summed E-state index contributed by atoms with van der Waals surface area (Å²) in [5.74, 6) is 0. The Balaban J connectivity index is 1.76. The van der Waals surface area contributed by atoms with Crippen LogP contribution < -0.4 is 5.32 Å². The van der Waals surface area contributed by atoms with E-state index in [0.29, 0.717) is 32.5 Å². The second kappa shape index (κ2) is 7.64. The zero-order chi connectivity index (χ0) is 17.0. The largest absolute Gasteiger partial charge is 0.401 e. The Morgan fingerprint density at radius 2 is 1.74 bits per heavy atom. The number of alkyl halides is 3. The number of aliphatic hydroxyl groups is 1. The number of halogens is 3. The van der Waals surface area contributed by atoms with Gasteiger partial charge in [0.15, 0.2) is 0 Å². The van der Waals surface area contributed by atoms with Crippen molar-refractivity contribution in [3.05, 3.63) is 34.9 Å². The fraction of sp³-hybridized carbons (Fsp3) is 0.647. The van der Waals surface area contributed by atoms with E-state index in [4.69, 9.17) is 0 Å². The Morgan fingerprint density at radius 1 is 1.17 bits per heavy atom. The molecule has 1 aliphatic heterocycles. The monoisotopic (exact) mass is 330 g/mol. The van der Waals surface area contributed by atoms with E-state index in [0.717, 1.165) is 16.7 Å². The summed E-state index contributed by atoms with van der Waals surface area (Å²) in [6.07, 6.45) is -3.37. The van der Waals surface area contributed by atoms with Gasteiger partial charge in [0.1, 0.15) is 0 Å². The first-order valence-corrected chi connectivity index (χ1v) is 8.02. The molecule has 23 heavy (non-hydrogen) atoms. The van der Waals surface area contributed by atoms with Crippen LogP contribution in [0, 0.1) is 13.8 Å². The smallest absolute Gasteiger partial charge is 0.387 e. The molecule has 0 spiro atoms. The predicted molar refractivity (Wildman–Crippen MR) is 84.4 cm³/mol. The third-order valence-electron chi connectivity index (χ3n) is 4.22. The number of benzene rings is 1. The lowest BCUT2D eigenvalue weighted by Gasteiger charge is -2.33. The fourth-order valence-corrected chi connectivity index (χ4v) is 3.15. The molecular formula is C17H25F3N2O. The van der Waals surface area contributed by atoms with Crippen LogP contribution in [0.15, 0.2) is 18.2 Å². The molecule has 1 saturated heterocycles. The number of aliphatic hydroxyl groups excluding tert-OH is 1. The van der Waals surface area contributed by atoms with E-state index in [1.54, 1.807) is 0 Å². The molecule has 6 heteroatoms. The van der Waals surface area contributed by atoms with E-state index in [1.165, 1.54) is 4.90 Å². The van der Waals surface area contributed by atoms with Gasteiger partial charge in [-0.05, 0) is 45.3 Å². The van der Waals surface area contributed by atoms with Crippen LogP contribution in [-0.2, 0) is 0 Å². The first kappa shape index (κ1) is 18.2. The molecule has 0 bridgehead atoms. The first-order chi connectivity index (χ1) is 10.7. The van der Waals surface area contributed by atoms with Gasteiger partial charge in [0.25, 0.3) is 0 Å². The Labute approximate surface area is 135 Å². The molecule has 2 rings (SSSR count). The van der Waals surface area contributed by atoms with Gasteiger partial charge in [0.05, 0.1) is 12.6 Å². The molecule has 3 nitrogen and oxygen atoms in total. The minimum absolute atomic E-state index is 0.167. The molecule has 0 aromatic heterocycles. The quantitative estimate of drug-likeness (QED) is 0.871. The van der Waals surface area contributed by atoms with Crippen molar-refractivity contribution in [1.29, 1.82) is 0 Å². The van der Waals surface area contributed by atoms with Gasteiger partial charge >= 0.3 is 6.18 Å². The van der Waals surface area contributed by atoms with Crippen molar-refractivity contribution in [1.82, 2.24) is 10.2 Å². The van der Waals surface area contributed by atoms with E-state index in [2.05, 4.69) is 11.4 Å². The molecule has 1 aromatic carbocycles. The number of hydrogen-bond donors (Lipinski definition) is 2. The van der Waals surface area contributed by atoms with Crippen molar-refractivity contribution in [3.63, 3.8) is 0 Å². The molecule has 1 aromatic rings. The molecule has 1 aliphatic rings. The number of aryl methyl sites for hydroxylation is 2. The predicted octanol–water partition coefficient (Wildman–Crippen LogP) is 2.95. The van der Waals surface area contributed by atoms with Crippen LogP contribution in [0.3, 0.4) is 0 Å². The highest BCUT2D eigenvalue weighted by atomic mass is 19.4. The minimum atomic E-state index is -4.13. The van der Waals surface area contributed by atoms with E-state index >= 15 is 0 Å². The lowest BCUT2D eigenvalue weighted by Crippen LogP contribution is -2.46. The first-order valence-electron chi connectivity index (χ1n) is 8.02. The van der Waals surface area contributed by atoms with E-state index < -0.39 is 18.8 Å². The van der Waals surface area contributed by atoms with Gasteiger partial charge in [0.2, 0.25) is 0 Å². The Kier molecular flexibility index (Phi) is 6.06. The number of piperidine rings is 1. The summed E-state index contributed by atoms with van der Waals surface area (Å²) < 4.78 is 37.1. The van der Waals surface area contributed by atoms with Gasteiger partial charge in [-0.3, -0.25) is 4.90 Å². The number of likely N-dealkylation sites (tertiary alicyclic amines) is 1. The zero-order valence-electron chi connectivity index (χ0n) is 13.7. The number of nitrogens with one attached hydrogen (secondary N) is 1. The molecule has 1 fully saturated rings. The maximum atomic E-state index is 12.4. The van der Waals surface area contributed by atoms with Crippen LogP contribution in [0.1, 0.15) is 35.6 Å². The van der Waals surface area contributed by atoms with Gasteiger partial charge in [-0.15, -0.1) is 0 Å². The van der Waals surface area contributed by atoms with Gasteiger partial charge in [0, 0.05) is 12.6 Å². The number of hydrogen-bond acceptors (Lipinski definition) is 3. The lowest BCUT2D eigenvalue weighted by molar-refractivity contribution is -0.148. The van der Waals surface area contributed by atoms with Crippen LogP contribution >= 0.6 is 0 Å².